The van der Waals surface area contributed by atoms with Crippen LogP contribution in [0.2, 0.25) is 0 Å². The second kappa shape index (κ2) is 10.4. The zero-order chi connectivity index (χ0) is 26.7. The molecule has 0 fully saturated rings. The van der Waals surface area contributed by atoms with Crippen LogP contribution in [0.15, 0.2) is 58.1 Å². The molecule has 3 aromatic carbocycles. The predicted octanol–water partition coefficient (Wildman–Crippen LogP) is 4.27. The first kappa shape index (κ1) is 25.9. The highest BCUT2D eigenvalue weighted by Crippen LogP contribution is 2.33. The van der Waals surface area contributed by atoms with E-state index in [0.29, 0.717) is 16.6 Å². The summed E-state index contributed by atoms with van der Waals surface area (Å²) < 4.78 is 50.4. The van der Waals surface area contributed by atoms with Crippen LogP contribution in [0.1, 0.15) is 23.1 Å². The van der Waals surface area contributed by atoms with Crippen LogP contribution >= 0.6 is 0 Å². The van der Waals surface area contributed by atoms with Crippen LogP contribution in [0.5, 0.6) is 17.2 Å². The smallest absolute Gasteiger partial charge is 0.457 e. The number of hydrogen-bond acceptors (Lipinski definition) is 5. The first-order valence-electron chi connectivity index (χ1n) is 11.4. The van der Waals surface area contributed by atoms with Crippen LogP contribution < -0.4 is 20.7 Å². The van der Waals surface area contributed by atoms with Crippen LogP contribution in [0, 0.1) is 19.1 Å². The minimum Gasteiger partial charge on any atom is -0.457 e. The third-order valence-electron chi connectivity index (χ3n) is 5.71. The second-order valence-corrected chi connectivity index (χ2v) is 8.41. The van der Waals surface area contributed by atoms with Crippen molar-refractivity contribution in [3.05, 3.63) is 98.2 Å². The first-order valence-corrected chi connectivity index (χ1v) is 11.4. The molecule has 0 radical (unpaired) electrons. The largest absolute Gasteiger partial charge is 0.573 e. The number of hydrogen-bond donors (Lipinski definition) is 1. The lowest BCUT2D eigenvalue weighted by Crippen LogP contribution is -2.39. The maximum Gasteiger partial charge on any atom is 0.573 e. The fourth-order valence-corrected chi connectivity index (χ4v) is 3.98. The maximum atomic E-state index is 13.5. The van der Waals surface area contributed by atoms with Crippen LogP contribution in [0.3, 0.4) is 0 Å². The van der Waals surface area contributed by atoms with E-state index in [2.05, 4.69) is 16.9 Å². The van der Waals surface area contributed by atoms with Gasteiger partial charge in [-0.3, -0.25) is 13.9 Å². The van der Waals surface area contributed by atoms with Crippen LogP contribution in [-0.4, -0.2) is 27.2 Å². The van der Waals surface area contributed by atoms with Crippen molar-refractivity contribution in [1.82, 2.24) is 9.13 Å². The van der Waals surface area contributed by atoms with E-state index < -0.39 is 23.4 Å². The van der Waals surface area contributed by atoms with E-state index in [9.17, 15) is 27.9 Å². The van der Waals surface area contributed by atoms with E-state index >= 15 is 0 Å². The SMILES string of the molecule is Cc1c#cc(Cc2c(Oc3cccc(OC(F)(F)F)c3)ccc3c2c(=O)n(CCCO)c(=O)n3C)cc1. The average Bonchev–Trinajstić information content (AvgIpc) is 2.84. The van der Waals surface area contributed by atoms with E-state index in [1.165, 1.54) is 23.7 Å². The van der Waals surface area contributed by atoms with Gasteiger partial charge in [-0.2, -0.15) is 0 Å². The highest BCUT2D eigenvalue weighted by molar-refractivity contribution is 5.84. The number of aromatic nitrogens is 2. The molecule has 0 aliphatic rings. The Morgan fingerprint density at radius 3 is 2.46 bits per heavy atom. The topological polar surface area (TPSA) is 82.7 Å². The van der Waals surface area contributed by atoms with Gasteiger partial charge in [0.15, 0.2) is 0 Å². The van der Waals surface area contributed by atoms with Crippen LogP contribution in [0.4, 0.5) is 13.2 Å². The number of fused-ring (bicyclic) bond motifs is 1. The third kappa shape index (κ3) is 5.78. The fourth-order valence-electron chi connectivity index (χ4n) is 3.98. The number of nitrogens with zero attached hydrogens (tertiary/aromatic N) is 2. The molecule has 4 aromatic rings. The van der Waals surface area contributed by atoms with Crippen molar-refractivity contribution in [2.24, 2.45) is 7.05 Å². The zero-order valence-corrected chi connectivity index (χ0v) is 20.1. The Balaban J connectivity index is 1.90. The number of ether oxygens (including phenoxy) is 2. The van der Waals surface area contributed by atoms with Gasteiger partial charge in [0.1, 0.15) is 17.2 Å². The number of alkyl halides is 3. The number of benzene rings is 2. The minimum atomic E-state index is -4.87. The second-order valence-electron chi connectivity index (χ2n) is 8.41. The molecule has 0 aliphatic carbocycles. The summed E-state index contributed by atoms with van der Waals surface area (Å²) in [5.74, 6) is -0.176. The number of aryl methyl sites for hydroxylation is 2. The summed E-state index contributed by atoms with van der Waals surface area (Å²) in [7, 11) is 1.54. The highest BCUT2D eigenvalue weighted by Gasteiger charge is 2.31. The molecule has 0 saturated carbocycles. The molecular weight excluding hydrogens is 489 g/mol. The quantitative estimate of drug-likeness (QED) is 0.381. The Morgan fingerprint density at radius 2 is 1.78 bits per heavy atom. The molecule has 1 N–H and O–H groups in total. The summed E-state index contributed by atoms with van der Waals surface area (Å²) >= 11 is 0. The molecule has 0 aliphatic heterocycles. The highest BCUT2D eigenvalue weighted by atomic mass is 19.4. The van der Waals surface area contributed by atoms with E-state index in [1.807, 2.05) is 19.1 Å². The number of rotatable bonds is 8. The molecule has 1 heterocycles. The molecule has 192 valence electrons. The van der Waals surface area contributed by atoms with Gasteiger partial charge in [0, 0.05) is 43.8 Å². The summed E-state index contributed by atoms with van der Waals surface area (Å²) in [5.41, 5.74) is 1.25. The molecule has 7 nitrogen and oxygen atoms in total. The number of aliphatic hydroxyl groups excluding tert-OH is 1. The number of halogens is 3. The van der Waals surface area contributed by atoms with Gasteiger partial charge in [0.2, 0.25) is 0 Å². The monoisotopic (exact) mass is 512 g/mol. The summed E-state index contributed by atoms with van der Waals surface area (Å²) in [6.07, 6.45) is -4.48. The molecule has 0 spiro atoms. The summed E-state index contributed by atoms with van der Waals surface area (Å²) in [6.45, 7) is 1.68. The van der Waals surface area contributed by atoms with Crippen molar-refractivity contribution in [3.8, 4) is 17.2 Å². The van der Waals surface area contributed by atoms with E-state index in [0.717, 1.165) is 22.3 Å². The van der Waals surface area contributed by atoms with Crippen molar-refractivity contribution < 1.29 is 27.8 Å². The molecule has 0 atom stereocenters. The van der Waals surface area contributed by atoms with Gasteiger partial charge in [-0.25, -0.2) is 4.79 Å². The van der Waals surface area contributed by atoms with Crippen molar-refractivity contribution in [1.29, 1.82) is 0 Å². The Morgan fingerprint density at radius 1 is 1.03 bits per heavy atom. The summed E-state index contributed by atoms with van der Waals surface area (Å²) in [6, 6.07) is 17.8. The Kier molecular flexibility index (Phi) is 7.27. The van der Waals surface area contributed by atoms with Gasteiger partial charge in [-0.15, -0.1) is 13.2 Å². The number of aliphatic hydroxyl groups is 1. The van der Waals surface area contributed by atoms with Crippen LogP contribution in [-0.2, 0) is 20.0 Å². The molecule has 0 bridgehead atoms. The van der Waals surface area contributed by atoms with Gasteiger partial charge in [0.05, 0.1) is 10.9 Å². The van der Waals surface area contributed by atoms with Gasteiger partial charge < -0.3 is 14.6 Å². The zero-order valence-electron chi connectivity index (χ0n) is 20.1. The standard InChI is InChI=1S/C27H23F3N2O5/c1-17-7-9-18(10-8-17)15-21-23(36-19-5-3-6-20(16-19)37-27(28,29)30)12-11-22-24(21)25(34)32(13-4-14-33)26(35)31(22)2/h3,5-7,9,11-12,16,33H,4,13-15H2,1-2H3. The average molecular weight is 512 g/mol. The Labute approximate surface area is 209 Å². The maximum absolute atomic E-state index is 13.5. The van der Waals surface area contributed by atoms with Crippen molar-refractivity contribution in [3.63, 3.8) is 0 Å². The van der Waals surface area contributed by atoms with Gasteiger partial charge in [0.25, 0.3) is 5.56 Å². The van der Waals surface area contributed by atoms with Gasteiger partial charge in [-0.1, -0.05) is 18.2 Å². The summed E-state index contributed by atoms with van der Waals surface area (Å²) in [4.78, 5) is 26.4. The molecular formula is C27H23F3N2O5. The molecule has 0 saturated heterocycles. The minimum absolute atomic E-state index is 0.0176. The van der Waals surface area contributed by atoms with E-state index in [4.69, 9.17) is 4.74 Å². The molecule has 10 heteroatoms. The Bertz CT molecular complexity index is 1540. The fraction of sp³-hybridized carbons (Fsp3) is 0.259. The normalized spacial score (nSPS) is 11.4. The van der Waals surface area contributed by atoms with E-state index in [1.54, 1.807) is 12.1 Å². The van der Waals surface area contributed by atoms with Crippen molar-refractivity contribution in [2.75, 3.05) is 6.61 Å². The van der Waals surface area contributed by atoms with Crippen molar-refractivity contribution >= 4 is 10.9 Å². The summed E-state index contributed by atoms with van der Waals surface area (Å²) in [5, 5.41) is 9.45. The molecule has 0 unspecified atom stereocenters. The van der Waals surface area contributed by atoms with Crippen molar-refractivity contribution in [2.45, 2.75) is 32.7 Å². The van der Waals surface area contributed by atoms with Gasteiger partial charge in [-0.05, 0) is 55.3 Å². The van der Waals surface area contributed by atoms with Crippen LogP contribution in [0.25, 0.3) is 10.9 Å². The predicted molar refractivity (Wildman–Crippen MR) is 130 cm³/mol. The third-order valence-corrected chi connectivity index (χ3v) is 5.71. The Hall–Kier alpha value is -4.23. The van der Waals surface area contributed by atoms with E-state index in [-0.39, 0.29) is 42.9 Å². The van der Waals surface area contributed by atoms with Gasteiger partial charge >= 0.3 is 12.1 Å². The molecule has 4 rings (SSSR count). The lowest BCUT2D eigenvalue weighted by Gasteiger charge is -2.17. The molecule has 1 aromatic heterocycles. The lowest BCUT2D eigenvalue weighted by atomic mass is 10.00. The molecule has 0 amide bonds. The molecule has 37 heavy (non-hydrogen) atoms. The first-order chi connectivity index (χ1) is 17.6. The lowest BCUT2D eigenvalue weighted by molar-refractivity contribution is -0.274.